The molecule has 3 rings (SSSR count). The van der Waals surface area contributed by atoms with Crippen molar-refractivity contribution in [3.63, 3.8) is 0 Å². The molecule has 0 saturated carbocycles. The number of pyridine rings is 1. The monoisotopic (exact) mass is 315 g/mol. The predicted octanol–water partition coefficient (Wildman–Crippen LogP) is 1.16. The lowest BCUT2D eigenvalue weighted by Crippen LogP contribution is -2.20. The molecule has 1 aliphatic rings. The number of nitrogens with one attached hydrogen (secondary N) is 2. The van der Waals surface area contributed by atoms with Gasteiger partial charge in [0, 0.05) is 23.0 Å². The summed E-state index contributed by atoms with van der Waals surface area (Å²) in [6.45, 7) is 0. The fraction of sp³-hybridized carbons (Fsp3) is 0.333. The largest absolute Gasteiger partial charge is 0.503 e. The van der Waals surface area contributed by atoms with Gasteiger partial charge in [-0.25, -0.2) is 10.4 Å². The number of aromatic hydroxyl groups is 1. The molecule has 2 aromatic rings. The molecule has 0 atom stereocenters. The molecular weight excluding hydrogens is 298 g/mol. The second-order valence-corrected chi connectivity index (χ2v) is 5.23. The molecule has 1 amide bonds. The van der Waals surface area contributed by atoms with E-state index in [1.807, 2.05) is 0 Å². The zero-order valence-corrected chi connectivity index (χ0v) is 12.7. The number of methoxy groups -OCH3 is 1. The van der Waals surface area contributed by atoms with Gasteiger partial charge in [0.05, 0.1) is 13.3 Å². The molecule has 0 radical (unpaired) electrons. The first-order valence-electron chi connectivity index (χ1n) is 7.31. The minimum absolute atomic E-state index is 0.0934. The van der Waals surface area contributed by atoms with Crippen LogP contribution in [0, 0.1) is 0 Å². The van der Waals surface area contributed by atoms with Crippen LogP contribution >= 0.6 is 0 Å². The van der Waals surface area contributed by atoms with E-state index in [0.29, 0.717) is 11.3 Å². The Morgan fingerprint density at radius 3 is 3.09 bits per heavy atom. The number of amides is 1. The van der Waals surface area contributed by atoms with E-state index >= 15 is 0 Å². The summed E-state index contributed by atoms with van der Waals surface area (Å²) < 4.78 is 4.86. The summed E-state index contributed by atoms with van der Waals surface area (Å²) in [5, 5.41) is 20.5. The zero-order chi connectivity index (χ0) is 16.2. The highest BCUT2D eigenvalue weighted by Gasteiger charge is 2.21. The van der Waals surface area contributed by atoms with E-state index in [1.54, 1.807) is 0 Å². The Kier molecular flexibility index (Phi) is 4.22. The minimum Gasteiger partial charge on any atom is -0.503 e. The Hall–Kier alpha value is -2.90. The van der Waals surface area contributed by atoms with Gasteiger partial charge in [-0.05, 0) is 31.7 Å². The summed E-state index contributed by atoms with van der Waals surface area (Å²) in [6.07, 6.45) is 6.83. The lowest BCUT2D eigenvalue weighted by molar-refractivity contribution is 0.0949. The lowest BCUT2D eigenvalue weighted by Gasteiger charge is -2.10. The van der Waals surface area contributed by atoms with Crippen LogP contribution in [0.15, 0.2) is 17.4 Å². The van der Waals surface area contributed by atoms with Crippen molar-refractivity contribution < 1.29 is 14.6 Å². The van der Waals surface area contributed by atoms with E-state index in [0.717, 1.165) is 36.9 Å². The first-order chi connectivity index (χ1) is 11.2. The molecule has 3 N–H and O–H groups in total. The number of carbonyl (C=O) groups is 1. The summed E-state index contributed by atoms with van der Waals surface area (Å²) in [4.78, 5) is 16.1. The maximum Gasteiger partial charge on any atom is 0.292 e. The molecule has 0 aliphatic heterocycles. The average molecular weight is 315 g/mol. The molecule has 8 heteroatoms. The van der Waals surface area contributed by atoms with Gasteiger partial charge in [-0.3, -0.25) is 9.89 Å². The first kappa shape index (κ1) is 15.0. The van der Waals surface area contributed by atoms with Gasteiger partial charge < -0.3 is 9.84 Å². The van der Waals surface area contributed by atoms with Gasteiger partial charge >= 0.3 is 0 Å². The van der Waals surface area contributed by atoms with Crippen LogP contribution in [0.5, 0.6) is 11.6 Å². The van der Waals surface area contributed by atoms with Crippen molar-refractivity contribution in [2.24, 2.45) is 5.10 Å². The standard InChI is InChI=1S/C15H17N5O3/c1-23-15-12(21)6-9(7-16-15)8-17-20-14(22)13-10-4-2-3-5-11(10)18-19-13/h6-8,21H,2-5H2,1H3,(H,18,19)(H,20,22)/b17-8+. The highest BCUT2D eigenvalue weighted by Crippen LogP contribution is 2.23. The summed E-state index contributed by atoms with van der Waals surface area (Å²) in [5.41, 5.74) is 5.39. The molecule has 2 heterocycles. The summed E-state index contributed by atoms with van der Waals surface area (Å²) >= 11 is 0. The van der Waals surface area contributed by atoms with Gasteiger partial charge in [-0.15, -0.1) is 0 Å². The predicted molar refractivity (Wildman–Crippen MR) is 82.7 cm³/mol. The van der Waals surface area contributed by atoms with E-state index < -0.39 is 0 Å². The van der Waals surface area contributed by atoms with Crippen molar-refractivity contribution in [1.29, 1.82) is 0 Å². The molecule has 0 saturated heterocycles. The summed E-state index contributed by atoms with van der Waals surface area (Å²) in [6, 6.07) is 1.44. The smallest absolute Gasteiger partial charge is 0.292 e. The molecule has 8 nitrogen and oxygen atoms in total. The normalized spacial score (nSPS) is 13.8. The number of rotatable bonds is 4. The number of aromatic nitrogens is 3. The van der Waals surface area contributed by atoms with Crippen molar-refractivity contribution in [1.82, 2.24) is 20.6 Å². The van der Waals surface area contributed by atoms with Crippen molar-refractivity contribution in [2.75, 3.05) is 7.11 Å². The maximum atomic E-state index is 12.1. The van der Waals surface area contributed by atoms with Crippen molar-refractivity contribution in [2.45, 2.75) is 25.7 Å². The van der Waals surface area contributed by atoms with Gasteiger partial charge in [0.2, 0.25) is 0 Å². The van der Waals surface area contributed by atoms with Gasteiger partial charge in [0.25, 0.3) is 11.8 Å². The Balaban J connectivity index is 1.67. The van der Waals surface area contributed by atoms with Crippen LogP contribution in [-0.4, -0.2) is 39.5 Å². The number of fused-ring (bicyclic) bond motifs is 1. The number of hydrogen-bond donors (Lipinski definition) is 3. The van der Waals surface area contributed by atoms with Gasteiger partial charge in [-0.2, -0.15) is 10.2 Å². The molecule has 1 aliphatic carbocycles. The number of carbonyl (C=O) groups excluding carboxylic acids is 1. The van der Waals surface area contributed by atoms with E-state index in [9.17, 15) is 9.90 Å². The van der Waals surface area contributed by atoms with E-state index in [2.05, 4.69) is 25.7 Å². The molecule has 23 heavy (non-hydrogen) atoms. The third-order valence-corrected chi connectivity index (χ3v) is 3.70. The average Bonchev–Trinajstić information content (AvgIpc) is 2.99. The minimum atomic E-state index is -0.355. The van der Waals surface area contributed by atoms with Crippen LogP contribution in [0.3, 0.4) is 0 Å². The van der Waals surface area contributed by atoms with Crippen LogP contribution in [0.1, 0.15) is 40.2 Å². The van der Waals surface area contributed by atoms with E-state index in [-0.39, 0.29) is 17.5 Å². The number of nitrogens with zero attached hydrogens (tertiary/aromatic N) is 3. The van der Waals surface area contributed by atoms with Crippen LogP contribution in [0.25, 0.3) is 0 Å². The fourth-order valence-corrected chi connectivity index (χ4v) is 2.57. The third-order valence-electron chi connectivity index (χ3n) is 3.70. The van der Waals surface area contributed by atoms with Gasteiger partial charge in [0.1, 0.15) is 0 Å². The number of hydrogen-bond acceptors (Lipinski definition) is 6. The molecule has 0 unspecified atom stereocenters. The second-order valence-electron chi connectivity index (χ2n) is 5.23. The number of aryl methyl sites for hydroxylation is 1. The molecule has 0 fully saturated rings. The SMILES string of the molecule is COc1ncc(/C=N/NC(=O)c2n[nH]c3c2CCCC3)cc1O. The number of aromatic amines is 1. The molecule has 0 spiro atoms. The third kappa shape index (κ3) is 3.15. The van der Waals surface area contributed by atoms with Gasteiger partial charge in [-0.1, -0.05) is 0 Å². The highest BCUT2D eigenvalue weighted by molar-refractivity contribution is 5.94. The zero-order valence-electron chi connectivity index (χ0n) is 12.7. The lowest BCUT2D eigenvalue weighted by atomic mass is 9.96. The molecule has 0 aromatic carbocycles. The van der Waals surface area contributed by atoms with E-state index in [1.165, 1.54) is 25.6 Å². The fourth-order valence-electron chi connectivity index (χ4n) is 2.57. The molecule has 120 valence electrons. The van der Waals surface area contributed by atoms with Crippen LogP contribution < -0.4 is 10.2 Å². The van der Waals surface area contributed by atoms with Crippen molar-refractivity contribution in [3.8, 4) is 11.6 Å². The van der Waals surface area contributed by atoms with Crippen LogP contribution in [0.4, 0.5) is 0 Å². The molecule has 2 aromatic heterocycles. The number of ether oxygens (including phenoxy) is 1. The number of H-pyrrole nitrogens is 1. The summed E-state index contributed by atoms with van der Waals surface area (Å²) in [5.74, 6) is -0.315. The topological polar surface area (TPSA) is 112 Å². The Bertz CT molecular complexity index is 754. The van der Waals surface area contributed by atoms with Gasteiger partial charge in [0.15, 0.2) is 11.4 Å². The maximum absolute atomic E-state index is 12.1. The Morgan fingerprint density at radius 2 is 2.30 bits per heavy atom. The second kappa shape index (κ2) is 6.47. The Labute approximate surface area is 132 Å². The first-order valence-corrected chi connectivity index (χ1v) is 7.31. The molecular formula is C15H17N5O3. The summed E-state index contributed by atoms with van der Waals surface area (Å²) in [7, 11) is 1.42. The number of hydrazone groups is 1. The molecule has 0 bridgehead atoms. The van der Waals surface area contributed by atoms with E-state index in [4.69, 9.17) is 4.74 Å². The van der Waals surface area contributed by atoms with Crippen LogP contribution in [-0.2, 0) is 12.8 Å². The van der Waals surface area contributed by atoms with Crippen molar-refractivity contribution in [3.05, 3.63) is 34.8 Å². The van der Waals surface area contributed by atoms with Crippen LogP contribution in [0.2, 0.25) is 0 Å². The highest BCUT2D eigenvalue weighted by atomic mass is 16.5. The quantitative estimate of drug-likeness (QED) is 0.579. The Morgan fingerprint density at radius 1 is 1.48 bits per heavy atom. The van der Waals surface area contributed by atoms with Crippen molar-refractivity contribution >= 4 is 12.1 Å².